The minimum atomic E-state index is 0.645. The molecule has 0 aliphatic heterocycles. The van der Waals surface area contributed by atoms with Gasteiger partial charge < -0.3 is 11.1 Å². The molecule has 0 bridgehead atoms. The van der Waals surface area contributed by atoms with Gasteiger partial charge in [-0.25, -0.2) is 0 Å². The Morgan fingerprint density at radius 2 is 2.18 bits per heavy atom. The minimum Gasteiger partial charge on any atom is -0.398 e. The van der Waals surface area contributed by atoms with E-state index < -0.39 is 0 Å². The molecule has 2 nitrogen and oxygen atoms in total. The molecule has 0 fully saturated rings. The van der Waals surface area contributed by atoms with Crippen molar-refractivity contribution < 1.29 is 0 Å². The Morgan fingerprint density at radius 3 is 2.64 bits per heavy atom. The van der Waals surface area contributed by atoms with Gasteiger partial charge in [0.05, 0.1) is 0 Å². The molecular formula is C8H9BrN2. The Bertz CT molecular complexity index is 271. The molecular weight excluding hydrogens is 204 g/mol. The van der Waals surface area contributed by atoms with Crippen molar-refractivity contribution in [1.82, 2.24) is 0 Å². The molecule has 1 rings (SSSR count). The van der Waals surface area contributed by atoms with E-state index in [0.717, 1.165) is 15.6 Å². The van der Waals surface area contributed by atoms with Crippen LogP contribution in [0.5, 0.6) is 0 Å². The molecule has 0 aromatic heterocycles. The third-order valence-corrected chi connectivity index (χ3v) is 2.11. The van der Waals surface area contributed by atoms with Gasteiger partial charge in [0.25, 0.3) is 0 Å². The van der Waals surface area contributed by atoms with E-state index in [1.54, 1.807) is 0 Å². The van der Waals surface area contributed by atoms with E-state index in [-0.39, 0.29) is 0 Å². The smallest absolute Gasteiger partial charge is 0.0417 e. The largest absolute Gasteiger partial charge is 0.398 e. The topological polar surface area (TPSA) is 49.9 Å². The van der Waals surface area contributed by atoms with E-state index in [0.29, 0.717) is 5.69 Å². The van der Waals surface area contributed by atoms with Crippen molar-refractivity contribution in [2.24, 2.45) is 0 Å². The maximum Gasteiger partial charge on any atom is 0.0417 e. The number of benzene rings is 1. The molecule has 0 heterocycles. The van der Waals surface area contributed by atoms with Crippen LogP contribution in [0.4, 0.5) is 5.69 Å². The van der Waals surface area contributed by atoms with E-state index in [9.17, 15) is 0 Å². The maximum absolute atomic E-state index is 7.06. The van der Waals surface area contributed by atoms with E-state index >= 15 is 0 Å². The highest BCUT2D eigenvalue weighted by Gasteiger charge is 2.01. The SMILES string of the molecule is Cc1cc(N)c(C=N)c(Br)c1. The summed E-state index contributed by atoms with van der Waals surface area (Å²) in [6.45, 7) is 1.97. The predicted molar refractivity (Wildman–Crippen MR) is 51.2 cm³/mol. The van der Waals surface area contributed by atoms with Gasteiger partial charge in [-0.05, 0) is 24.6 Å². The zero-order valence-electron chi connectivity index (χ0n) is 6.19. The molecule has 0 aliphatic rings. The fourth-order valence-corrected chi connectivity index (χ4v) is 1.64. The van der Waals surface area contributed by atoms with Gasteiger partial charge in [0.15, 0.2) is 0 Å². The third kappa shape index (κ3) is 1.60. The lowest BCUT2D eigenvalue weighted by Gasteiger charge is -2.03. The number of nitrogens with two attached hydrogens (primary N) is 1. The Kier molecular flexibility index (Phi) is 2.29. The van der Waals surface area contributed by atoms with Crippen molar-refractivity contribution >= 4 is 27.8 Å². The average Bonchev–Trinajstić information content (AvgIpc) is 1.85. The first-order valence-electron chi connectivity index (χ1n) is 3.21. The number of nitrogen functional groups attached to an aromatic ring is 1. The van der Waals surface area contributed by atoms with Crippen LogP contribution in [0.25, 0.3) is 0 Å². The molecule has 0 saturated heterocycles. The number of nitrogens with one attached hydrogen (secondary N) is 1. The second-order valence-electron chi connectivity index (χ2n) is 2.39. The molecule has 11 heavy (non-hydrogen) atoms. The van der Waals surface area contributed by atoms with Gasteiger partial charge in [-0.1, -0.05) is 15.9 Å². The molecule has 0 aliphatic carbocycles. The number of hydrogen-bond donors (Lipinski definition) is 2. The monoisotopic (exact) mass is 212 g/mol. The van der Waals surface area contributed by atoms with Crippen molar-refractivity contribution in [3.8, 4) is 0 Å². The summed E-state index contributed by atoms with van der Waals surface area (Å²) in [7, 11) is 0. The van der Waals surface area contributed by atoms with Gasteiger partial charge in [-0.15, -0.1) is 0 Å². The summed E-state index contributed by atoms with van der Waals surface area (Å²) >= 11 is 3.33. The number of aryl methyl sites for hydroxylation is 1. The van der Waals surface area contributed by atoms with Gasteiger partial charge in [-0.2, -0.15) is 0 Å². The lowest BCUT2D eigenvalue weighted by Crippen LogP contribution is -1.94. The molecule has 0 spiro atoms. The molecule has 0 saturated carbocycles. The molecule has 3 heteroatoms. The van der Waals surface area contributed by atoms with Crippen LogP contribution in [0.1, 0.15) is 11.1 Å². The highest BCUT2D eigenvalue weighted by Crippen LogP contribution is 2.22. The molecule has 3 N–H and O–H groups in total. The lowest BCUT2D eigenvalue weighted by atomic mass is 10.1. The van der Waals surface area contributed by atoms with Crippen molar-refractivity contribution in [3.05, 3.63) is 27.7 Å². The fraction of sp³-hybridized carbons (Fsp3) is 0.125. The van der Waals surface area contributed by atoms with Crippen molar-refractivity contribution in [3.63, 3.8) is 0 Å². The van der Waals surface area contributed by atoms with E-state index in [1.807, 2.05) is 19.1 Å². The summed E-state index contributed by atoms with van der Waals surface area (Å²) in [6.07, 6.45) is 1.25. The van der Waals surface area contributed by atoms with Crippen LogP contribution in [0.2, 0.25) is 0 Å². The number of anilines is 1. The molecule has 1 aromatic rings. The lowest BCUT2D eigenvalue weighted by molar-refractivity contribution is 1.43. The number of rotatable bonds is 1. The second-order valence-corrected chi connectivity index (χ2v) is 3.25. The maximum atomic E-state index is 7.06. The first-order valence-corrected chi connectivity index (χ1v) is 4.00. The summed E-state index contributed by atoms with van der Waals surface area (Å²) in [5.74, 6) is 0. The summed E-state index contributed by atoms with van der Waals surface area (Å²) in [4.78, 5) is 0. The highest BCUT2D eigenvalue weighted by atomic mass is 79.9. The summed E-state index contributed by atoms with van der Waals surface area (Å²) in [6, 6.07) is 3.79. The van der Waals surface area contributed by atoms with Gasteiger partial charge in [-0.3, -0.25) is 0 Å². The normalized spacial score (nSPS) is 9.64. The minimum absolute atomic E-state index is 0.645. The molecule has 0 amide bonds. The Morgan fingerprint density at radius 1 is 1.55 bits per heavy atom. The van der Waals surface area contributed by atoms with Crippen LogP contribution in [-0.4, -0.2) is 6.21 Å². The highest BCUT2D eigenvalue weighted by molar-refractivity contribution is 9.10. The Balaban J connectivity index is 3.36. The van der Waals surface area contributed by atoms with E-state index in [1.165, 1.54) is 6.21 Å². The van der Waals surface area contributed by atoms with Gasteiger partial charge in [0.1, 0.15) is 0 Å². The fourth-order valence-electron chi connectivity index (χ4n) is 0.933. The van der Waals surface area contributed by atoms with Crippen molar-refractivity contribution in [1.29, 1.82) is 5.41 Å². The first kappa shape index (κ1) is 8.27. The molecule has 0 atom stereocenters. The number of hydrogen-bond acceptors (Lipinski definition) is 2. The summed E-state index contributed by atoms with van der Waals surface area (Å²) < 4.78 is 0.880. The van der Waals surface area contributed by atoms with Gasteiger partial charge in [0, 0.05) is 21.9 Å². The summed E-state index contributed by atoms with van der Waals surface area (Å²) in [5.41, 5.74) is 8.14. The average molecular weight is 213 g/mol. The Hall–Kier alpha value is -0.830. The van der Waals surface area contributed by atoms with Crippen molar-refractivity contribution in [2.75, 3.05) is 5.73 Å². The van der Waals surface area contributed by atoms with Gasteiger partial charge in [0.2, 0.25) is 0 Å². The number of halogens is 1. The Labute approximate surface area is 74.1 Å². The summed E-state index contributed by atoms with van der Waals surface area (Å²) in [5, 5.41) is 7.06. The first-order chi connectivity index (χ1) is 5.15. The molecule has 1 aromatic carbocycles. The van der Waals surface area contributed by atoms with Crippen LogP contribution >= 0.6 is 15.9 Å². The molecule has 0 unspecified atom stereocenters. The van der Waals surface area contributed by atoms with E-state index in [4.69, 9.17) is 11.1 Å². The zero-order valence-corrected chi connectivity index (χ0v) is 7.77. The molecule has 58 valence electrons. The van der Waals surface area contributed by atoms with Crippen LogP contribution in [0, 0.1) is 12.3 Å². The van der Waals surface area contributed by atoms with Crippen LogP contribution in [0.3, 0.4) is 0 Å². The second kappa shape index (κ2) is 3.05. The van der Waals surface area contributed by atoms with Crippen LogP contribution < -0.4 is 5.73 Å². The van der Waals surface area contributed by atoms with Crippen LogP contribution in [0.15, 0.2) is 16.6 Å². The predicted octanol–water partition coefficient (Wildman–Crippen LogP) is 2.34. The van der Waals surface area contributed by atoms with Crippen LogP contribution in [-0.2, 0) is 0 Å². The van der Waals surface area contributed by atoms with Crippen molar-refractivity contribution in [2.45, 2.75) is 6.92 Å². The standard InChI is InChI=1S/C8H9BrN2/c1-5-2-7(9)6(4-10)8(11)3-5/h2-4,10H,11H2,1H3. The quantitative estimate of drug-likeness (QED) is 0.545. The molecule has 0 radical (unpaired) electrons. The third-order valence-electron chi connectivity index (χ3n) is 1.45. The van der Waals surface area contributed by atoms with E-state index in [2.05, 4.69) is 15.9 Å². The zero-order chi connectivity index (χ0) is 8.43. The van der Waals surface area contributed by atoms with Gasteiger partial charge >= 0.3 is 0 Å².